The molecular weight excluding hydrogens is 250 g/mol. The first kappa shape index (κ1) is 15.0. The molecule has 2 heterocycles. The van der Waals surface area contributed by atoms with Gasteiger partial charge in [0.2, 0.25) is 0 Å². The Morgan fingerprint density at radius 3 is 2.60 bits per heavy atom. The maximum absolute atomic E-state index is 4.38. The number of piperidine rings is 1. The fraction of sp³-hybridized carbons (Fsp3) is 0.733. The summed E-state index contributed by atoms with van der Waals surface area (Å²) >= 11 is 0. The molecule has 1 aliphatic rings. The number of aromatic nitrogens is 2. The van der Waals surface area contributed by atoms with Gasteiger partial charge in [-0.2, -0.15) is 0 Å². The number of nitrogens with one attached hydrogen (secondary N) is 1. The van der Waals surface area contributed by atoms with E-state index in [9.17, 15) is 0 Å². The van der Waals surface area contributed by atoms with E-state index in [-0.39, 0.29) is 0 Å². The molecule has 20 heavy (non-hydrogen) atoms. The van der Waals surface area contributed by atoms with Gasteiger partial charge < -0.3 is 15.1 Å². The standard InChI is InChI=1S/C15H27N5/c1-13(20-11-5-4-6-12-20)7-8-16-14-15(19(2)3)18-10-9-17-14/h9-10,13H,4-8,11-12H2,1-3H3,(H,16,17). The zero-order chi connectivity index (χ0) is 14.4. The number of hydrogen-bond acceptors (Lipinski definition) is 5. The lowest BCUT2D eigenvalue weighted by Gasteiger charge is -2.32. The first-order valence-corrected chi connectivity index (χ1v) is 7.64. The van der Waals surface area contributed by atoms with Crippen molar-refractivity contribution in [2.24, 2.45) is 0 Å². The third-order valence-electron chi connectivity index (χ3n) is 3.97. The van der Waals surface area contributed by atoms with Crippen molar-refractivity contribution in [2.45, 2.75) is 38.6 Å². The van der Waals surface area contributed by atoms with Gasteiger partial charge >= 0.3 is 0 Å². The highest BCUT2D eigenvalue weighted by molar-refractivity contribution is 5.59. The monoisotopic (exact) mass is 277 g/mol. The minimum Gasteiger partial charge on any atom is -0.367 e. The van der Waals surface area contributed by atoms with Crippen molar-refractivity contribution in [1.29, 1.82) is 0 Å². The molecule has 5 nitrogen and oxygen atoms in total. The van der Waals surface area contributed by atoms with Crippen LogP contribution in [0, 0.1) is 0 Å². The molecule has 0 bridgehead atoms. The minimum atomic E-state index is 0.641. The maximum atomic E-state index is 4.38. The highest BCUT2D eigenvalue weighted by Gasteiger charge is 2.16. The van der Waals surface area contributed by atoms with Crippen LogP contribution >= 0.6 is 0 Å². The number of anilines is 2. The molecule has 0 aliphatic carbocycles. The summed E-state index contributed by atoms with van der Waals surface area (Å²) in [6, 6.07) is 0.641. The average molecular weight is 277 g/mol. The highest BCUT2D eigenvalue weighted by Crippen LogP contribution is 2.18. The summed E-state index contributed by atoms with van der Waals surface area (Å²) in [5.74, 6) is 1.78. The van der Waals surface area contributed by atoms with Gasteiger partial charge in [-0.05, 0) is 39.3 Å². The van der Waals surface area contributed by atoms with Crippen LogP contribution in [0.1, 0.15) is 32.6 Å². The van der Waals surface area contributed by atoms with Crippen molar-refractivity contribution < 1.29 is 0 Å². The molecule has 0 saturated carbocycles. The molecule has 1 unspecified atom stereocenters. The van der Waals surface area contributed by atoms with Gasteiger partial charge in [-0.1, -0.05) is 6.42 Å². The van der Waals surface area contributed by atoms with Crippen molar-refractivity contribution >= 4 is 11.6 Å². The summed E-state index contributed by atoms with van der Waals surface area (Å²) < 4.78 is 0. The summed E-state index contributed by atoms with van der Waals surface area (Å²) in [6.07, 6.45) is 8.72. The predicted molar refractivity (Wildman–Crippen MR) is 84.4 cm³/mol. The van der Waals surface area contributed by atoms with Crippen molar-refractivity contribution in [1.82, 2.24) is 14.9 Å². The van der Waals surface area contributed by atoms with E-state index in [1.54, 1.807) is 12.4 Å². The van der Waals surface area contributed by atoms with Gasteiger partial charge in [-0.3, -0.25) is 0 Å². The largest absolute Gasteiger partial charge is 0.367 e. The topological polar surface area (TPSA) is 44.3 Å². The molecule has 112 valence electrons. The van der Waals surface area contributed by atoms with Crippen molar-refractivity contribution in [3.63, 3.8) is 0 Å². The summed E-state index contributed by atoms with van der Waals surface area (Å²) in [5, 5.41) is 3.42. The highest BCUT2D eigenvalue weighted by atomic mass is 15.2. The zero-order valence-corrected chi connectivity index (χ0v) is 13.0. The molecule has 1 aliphatic heterocycles. The first-order valence-electron chi connectivity index (χ1n) is 7.64. The van der Waals surface area contributed by atoms with Crippen LogP contribution in [0.5, 0.6) is 0 Å². The van der Waals surface area contributed by atoms with Crippen LogP contribution in [0.3, 0.4) is 0 Å². The van der Waals surface area contributed by atoms with Crippen LogP contribution in [0.4, 0.5) is 11.6 Å². The lowest BCUT2D eigenvalue weighted by atomic mass is 10.1. The first-order chi connectivity index (χ1) is 9.68. The molecule has 2 rings (SSSR count). The van der Waals surface area contributed by atoms with Crippen molar-refractivity contribution in [3.05, 3.63) is 12.4 Å². The van der Waals surface area contributed by atoms with E-state index in [0.717, 1.165) is 24.6 Å². The Morgan fingerprint density at radius 2 is 1.90 bits per heavy atom. The Morgan fingerprint density at radius 1 is 1.20 bits per heavy atom. The molecule has 1 N–H and O–H groups in total. The van der Waals surface area contributed by atoms with Crippen LogP contribution in [0.25, 0.3) is 0 Å². The van der Waals surface area contributed by atoms with E-state index < -0.39 is 0 Å². The van der Waals surface area contributed by atoms with E-state index >= 15 is 0 Å². The molecular formula is C15H27N5. The Kier molecular flexibility index (Phi) is 5.59. The third-order valence-corrected chi connectivity index (χ3v) is 3.97. The Labute approximate surface area is 122 Å². The SMILES string of the molecule is CC(CCNc1nccnc1N(C)C)N1CCCCC1. The maximum Gasteiger partial charge on any atom is 0.171 e. The second-order valence-corrected chi connectivity index (χ2v) is 5.78. The number of likely N-dealkylation sites (tertiary alicyclic amines) is 1. The molecule has 1 atom stereocenters. The van der Waals surface area contributed by atoms with Gasteiger partial charge in [0.05, 0.1) is 0 Å². The molecule has 0 radical (unpaired) electrons. The summed E-state index contributed by atoms with van der Waals surface area (Å²) in [5.41, 5.74) is 0. The molecule has 1 saturated heterocycles. The number of rotatable bonds is 6. The fourth-order valence-electron chi connectivity index (χ4n) is 2.72. The van der Waals surface area contributed by atoms with Crippen LogP contribution in [-0.2, 0) is 0 Å². The van der Waals surface area contributed by atoms with Crippen LogP contribution in [-0.4, -0.2) is 54.6 Å². The Hall–Kier alpha value is -1.36. The second-order valence-electron chi connectivity index (χ2n) is 5.78. The lowest BCUT2D eigenvalue weighted by Crippen LogP contribution is -2.38. The van der Waals surface area contributed by atoms with Crippen molar-refractivity contribution in [2.75, 3.05) is 43.9 Å². The van der Waals surface area contributed by atoms with Gasteiger partial charge in [0.1, 0.15) is 0 Å². The minimum absolute atomic E-state index is 0.641. The fourth-order valence-corrected chi connectivity index (χ4v) is 2.72. The Bertz CT molecular complexity index is 401. The van der Waals surface area contributed by atoms with Crippen LogP contribution in [0.2, 0.25) is 0 Å². The van der Waals surface area contributed by atoms with E-state index in [0.29, 0.717) is 6.04 Å². The Balaban J connectivity index is 1.80. The quantitative estimate of drug-likeness (QED) is 0.864. The van der Waals surface area contributed by atoms with E-state index in [1.165, 1.54) is 32.4 Å². The molecule has 0 spiro atoms. The molecule has 1 aromatic rings. The second kappa shape index (κ2) is 7.43. The normalized spacial score (nSPS) is 17.8. The molecule has 0 aromatic carbocycles. The molecule has 1 fully saturated rings. The molecule has 1 aromatic heterocycles. The van der Waals surface area contributed by atoms with E-state index in [1.807, 2.05) is 19.0 Å². The zero-order valence-electron chi connectivity index (χ0n) is 13.0. The van der Waals surface area contributed by atoms with Crippen LogP contribution in [0.15, 0.2) is 12.4 Å². The molecule has 0 amide bonds. The van der Waals surface area contributed by atoms with Crippen LogP contribution < -0.4 is 10.2 Å². The van der Waals surface area contributed by atoms with Gasteiger partial charge in [0.25, 0.3) is 0 Å². The van der Waals surface area contributed by atoms with Gasteiger partial charge in [-0.25, -0.2) is 9.97 Å². The summed E-state index contributed by atoms with van der Waals surface area (Å²) in [7, 11) is 3.98. The number of nitrogens with zero attached hydrogens (tertiary/aromatic N) is 4. The van der Waals surface area contributed by atoms with E-state index in [2.05, 4.69) is 27.1 Å². The third kappa shape index (κ3) is 4.07. The number of hydrogen-bond donors (Lipinski definition) is 1. The lowest BCUT2D eigenvalue weighted by molar-refractivity contribution is 0.169. The summed E-state index contributed by atoms with van der Waals surface area (Å²) in [4.78, 5) is 13.3. The predicted octanol–water partition coefficient (Wildman–Crippen LogP) is 2.22. The molecule has 5 heteroatoms. The summed E-state index contributed by atoms with van der Waals surface area (Å²) in [6.45, 7) is 5.79. The van der Waals surface area contributed by atoms with Gasteiger partial charge in [-0.15, -0.1) is 0 Å². The van der Waals surface area contributed by atoms with E-state index in [4.69, 9.17) is 0 Å². The smallest absolute Gasteiger partial charge is 0.171 e. The average Bonchev–Trinajstić information content (AvgIpc) is 2.48. The van der Waals surface area contributed by atoms with Crippen molar-refractivity contribution in [3.8, 4) is 0 Å². The van der Waals surface area contributed by atoms with Gasteiger partial charge in [0, 0.05) is 39.1 Å². The van der Waals surface area contributed by atoms with Gasteiger partial charge in [0.15, 0.2) is 11.6 Å².